The number of piperazine rings is 1. The first-order chi connectivity index (χ1) is 9.08. The number of hydrogen-bond acceptors (Lipinski definition) is 2. The molecule has 1 aromatic carbocycles. The van der Waals surface area contributed by atoms with E-state index < -0.39 is 0 Å². The van der Waals surface area contributed by atoms with Crippen molar-refractivity contribution in [3.05, 3.63) is 35.4 Å². The smallest absolute Gasteiger partial charge is 0.241 e. The number of carbonyl (C=O) groups excluding carboxylic acids is 2. The van der Waals surface area contributed by atoms with Gasteiger partial charge in [0.1, 0.15) is 0 Å². The molecule has 0 saturated carbocycles. The third-order valence-electron chi connectivity index (χ3n) is 3.68. The van der Waals surface area contributed by atoms with Crippen LogP contribution in [0.1, 0.15) is 17.5 Å². The van der Waals surface area contributed by atoms with Crippen LogP contribution >= 0.6 is 0 Å². The summed E-state index contributed by atoms with van der Waals surface area (Å²) in [5.74, 6) is 0.0974. The molecule has 0 aromatic heterocycles. The van der Waals surface area contributed by atoms with E-state index in [-0.39, 0.29) is 18.4 Å². The highest BCUT2D eigenvalue weighted by Gasteiger charge is 2.24. The van der Waals surface area contributed by atoms with Crippen LogP contribution in [0.2, 0.25) is 0 Å². The summed E-state index contributed by atoms with van der Waals surface area (Å²) in [6, 6.07) is 8.10. The Labute approximate surface area is 114 Å². The van der Waals surface area contributed by atoms with Crippen LogP contribution in [0.3, 0.4) is 0 Å². The van der Waals surface area contributed by atoms with Crippen molar-refractivity contribution in [3.8, 4) is 0 Å². The summed E-state index contributed by atoms with van der Waals surface area (Å²) < 4.78 is 0. The predicted molar refractivity (Wildman–Crippen MR) is 73.7 cm³/mol. The van der Waals surface area contributed by atoms with Crippen molar-refractivity contribution in [2.75, 3.05) is 26.7 Å². The van der Waals surface area contributed by atoms with E-state index in [9.17, 15) is 9.59 Å². The maximum absolute atomic E-state index is 12.1. The Bertz CT molecular complexity index is 485. The van der Waals surface area contributed by atoms with Crippen LogP contribution in [0.25, 0.3) is 0 Å². The number of likely N-dealkylation sites (N-methyl/N-ethyl adjacent to an activating group) is 1. The molecular formula is C15H20N2O2. The zero-order chi connectivity index (χ0) is 13.8. The van der Waals surface area contributed by atoms with Gasteiger partial charge in [-0.3, -0.25) is 9.59 Å². The molecule has 1 heterocycles. The van der Waals surface area contributed by atoms with Crippen molar-refractivity contribution in [3.63, 3.8) is 0 Å². The predicted octanol–water partition coefficient (Wildman–Crippen LogP) is 1.23. The third-order valence-corrected chi connectivity index (χ3v) is 3.68. The van der Waals surface area contributed by atoms with Gasteiger partial charge < -0.3 is 9.80 Å². The molecule has 102 valence electrons. The molecule has 4 heteroatoms. The molecule has 0 aliphatic carbocycles. The van der Waals surface area contributed by atoms with Crippen LogP contribution in [0, 0.1) is 6.92 Å². The molecule has 4 nitrogen and oxygen atoms in total. The van der Waals surface area contributed by atoms with Crippen LogP contribution in [0.4, 0.5) is 0 Å². The minimum atomic E-state index is 0.0236. The van der Waals surface area contributed by atoms with Gasteiger partial charge >= 0.3 is 0 Å². The highest BCUT2D eigenvalue weighted by molar-refractivity contribution is 5.85. The lowest BCUT2D eigenvalue weighted by atomic mass is 10.0. The van der Waals surface area contributed by atoms with Crippen LogP contribution in [-0.4, -0.2) is 48.3 Å². The normalized spacial score (nSPS) is 15.8. The van der Waals surface area contributed by atoms with Crippen LogP contribution in [0.15, 0.2) is 24.3 Å². The van der Waals surface area contributed by atoms with E-state index >= 15 is 0 Å². The van der Waals surface area contributed by atoms with E-state index in [1.54, 1.807) is 16.8 Å². The molecule has 2 rings (SSSR count). The van der Waals surface area contributed by atoms with Gasteiger partial charge in [-0.2, -0.15) is 0 Å². The molecule has 2 amide bonds. The first-order valence-electron chi connectivity index (χ1n) is 6.64. The molecule has 0 N–H and O–H groups in total. The fourth-order valence-corrected chi connectivity index (χ4v) is 2.26. The second-order valence-corrected chi connectivity index (χ2v) is 5.06. The van der Waals surface area contributed by atoms with Crippen LogP contribution in [-0.2, 0) is 16.0 Å². The van der Waals surface area contributed by atoms with Crippen LogP contribution < -0.4 is 0 Å². The second kappa shape index (κ2) is 5.87. The fraction of sp³-hybridized carbons (Fsp3) is 0.467. The van der Waals surface area contributed by atoms with E-state index in [4.69, 9.17) is 0 Å². The highest BCUT2D eigenvalue weighted by Crippen LogP contribution is 2.11. The lowest BCUT2D eigenvalue weighted by Gasteiger charge is -2.32. The minimum absolute atomic E-state index is 0.0236. The number of rotatable bonds is 3. The number of hydrogen-bond donors (Lipinski definition) is 0. The highest BCUT2D eigenvalue weighted by atomic mass is 16.2. The van der Waals surface area contributed by atoms with Gasteiger partial charge in [-0.25, -0.2) is 0 Å². The zero-order valence-corrected chi connectivity index (χ0v) is 11.6. The Kier molecular flexibility index (Phi) is 4.20. The Balaban J connectivity index is 1.88. The summed E-state index contributed by atoms with van der Waals surface area (Å²) in [6.07, 6.45) is 1.22. The molecule has 0 atom stereocenters. The Morgan fingerprint density at radius 2 is 2.00 bits per heavy atom. The summed E-state index contributed by atoms with van der Waals surface area (Å²) in [7, 11) is 1.78. The number of carbonyl (C=O) groups is 2. The summed E-state index contributed by atoms with van der Waals surface area (Å²) in [5, 5.41) is 0. The maximum atomic E-state index is 12.1. The number of aryl methyl sites for hydroxylation is 2. The molecule has 1 aromatic rings. The van der Waals surface area contributed by atoms with Gasteiger partial charge in [0.05, 0.1) is 6.54 Å². The monoisotopic (exact) mass is 260 g/mol. The molecule has 0 unspecified atom stereocenters. The number of nitrogens with zero attached hydrogens (tertiary/aromatic N) is 2. The summed E-state index contributed by atoms with van der Waals surface area (Å²) in [4.78, 5) is 27.0. The Hall–Kier alpha value is -1.84. The van der Waals surface area contributed by atoms with E-state index in [1.807, 2.05) is 12.1 Å². The first kappa shape index (κ1) is 13.6. The minimum Gasteiger partial charge on any atom is -0.342 e. The van der Waals surface area contributed by atoms with Crippen molar-refractivity contribution >= 4 is 11.8 Å². The molecular weight excluding hydrogens is 240 g/mol. The van der Waals surface area contributed by atoms with Crippen molar-refractivity contribution in [1.82, 2.24) is 9.80 Å². The average Bonchev–Trinajstić information content (AvgIpc) is 2.40. The topological polar surface area (TPSA) is 40.6 Å². The third kappa shape index (κ3) is 3.34. The summed E-state index contributed by atoms with van der Waals surface area (Å²) in [6.45, 7) is 3.56. The van der Waals surface area contributed by atoms with Gasteiger partial charge in [0, 0.05) is 26.6 Å². The van der Waals surface area contributed by atoms with Gasteiger partial charge in [0.25, 0.3) is 0 Å². The summed E-state index contributed by atoms with van der Waals surface area (Å²) >= 11 is 0. The van der Waals surface area contributed by atoms with Gasteiger partial charge in [0.15, 0.2) is 0 Å². The van der Waals surface area contributed by atoms with E-state index in [2.05, 4.69) is 19.1 Å². The van der Waals surface area contributed by atoms with E-state index in [0.717, 1.165) is 6.42 Å². The summed E-state index contributed by atoms with van der Waals surface area (Å²) in [5.41, 5.74) is 2.42. The lowest BCUT2D eigenvalue weighted by molar-refractivity contribution is -0.144. The molecule has 0 spiro atoms. The quantitative estimate of drug-likeness (QED) is 0.820. The number of benzene rings is 1. The largest absolute Gasteiger partial charge is 0.342 e. The fourth-order valence-electron chi connectivity index (χ4n) is 2.26. The lowest BCUT2D eigenvalue weighted by Crippen LogP contribution is -2.50. The Morgan fingerprint density at radius 3 is 2.68 bits per heavy atom. The van der Waals surface area contributed by atoms with Crippen LogP contribution in [0.5, 0.6) is 0 Å². The Morgan fingerprint density at radius 1 is 1.26 bits per heavy atom. The second-order valence-electron chi connectivity index (χ2n) is 5.06. The van der Waals surface area contributed by atoms with Gasteiger partial charge in [-0.15, -0.1) is 0 Å². The van der Waals surface area contributed by atoms with Gasteiger partial charge in [0.2, 0.25) is 11.8 Å². The molecule has 0 radical (unpaired) electrons. The van der Waals surface area contributed by atoms with Gasteiger partial charge in [-0.1, -0.05) is 24.3 Å². The molecule has 19 heavy (non-hydrogen) atoms. The molecule has 1 aliphatic rings. The van der Waals surface area contributed by atoms with E-state index in [0.29, 0.717) is 19.5 Å². The maximum Gasteiger partial charge on any atom is 0.241 e. The van der Waals surface area contributed by atoms with Crippen molar-refractivity contribution < 1.29 is 9.59 Å². The van der Waals surface area contributed by atoms with E-state index in [1.165, 1.54) is 11.1 Å². The molecule has 1 aliphatic heterocycles. The molecule has 1 fully saturated rings. The SMILES string of the molecule is Cc1ccccc1CCC(=O)N1CCN(C)C(=O)C1. The van der Waals surface area contributed by atoms with Crippen molar-refractivity contribution in [2.24, 2.45) is 0 Å². The average molecular weight is 260 g/mol. The van der Waals surface area contributed by atoms with Crippen molar-refractivity contribution in [1.29, 1.82) is 0 Å². The zero-order valence-electron chi connectivity index (χ0n) is 11.6. The molecule has 1 saturated heterocycles. The first-order valence-corrected chi connectivity index (χ1v) is 6.64. The van der Waals surface area contributed by atoms with Gasteiger partial charge in [-0.05, 0) is 24.5 Å². The van der Waals surface area contributed by atoms with Crippen molar-refractivity contribution in [2.45, 2.75) is 19.8 Å². The number of amides is 2. The standard InChI is InChI=1S/C15H20N2O2/c1-12-5-3-4-6-13(12)7-8-14(18)17-10-9-16(2)15(19)11-17/h3-6H,7-11H2,1-2H3. The molecule has 0 bridgehead atoms.